The van der Waals surface area contributed by atoms with E-state index in [4.69, 9.17) is 5.11 Å². The Kier molecular flexibility index (Phi) is 4.51. The van der Waals surface area contributed by atoms with Gasteiger partial charge in [-0.3, -0.25) is 19.3 Å². The van der Waals surface area contributed by atoms with Crippen molar-refractivity contribution >= 4 is 27.7 Å². The third-order valence-corrected chi connectivity index (χ3v) is 5.90. The Hall–Kier alpha value is -2.42. The standard InChI is InChI=1S/C16H19N3O5S/c1-10(15(20)19-8-6-11(7-9-19)16(21)22)17-14-12-4-2-3-5-13(12)25(23,24)18-14/h2-5,10-11H,6-9H2,1H3,(H,17,18)(H,21,22). The summed E-state index contributed by atoms with van der Waals surface area (Å²) in [5, 5.41) is 9.01. The first-order valence-electron chi connectivity index (χ1n) is 8.01. The number of carbonyl (C=O) groups excluding carboxylic acids is 1. The minimum atomic E-state index is -3.64. The Morgan fingerprint density at radius 2 is 1.92 bits per heavy atom. The number of sulfonamides is 1. The van der Waals surface area contributed by atoms with Crippen LogP contribution in [0.25, 0.3) is 0 Å². The van der Waals surface area contributed by atoms with Crippen molar-refractivity contribution in [2.75, 3.05) is 13.1 Å². The second-order valence-electron chi connectivity index (χ2n) is 6.19. The van der Waals surface area contributed by atoms with Crippen LogP contribution in [0, 0.1) is 5.92 Å². The van der Waals surface area contributed by atoms with Gasteiger partial charge in [0.2, 0.25) is 5.91 Å². The number of nitrogens with one attached hydrogen (secondary N) is 1. The number of hydrogen-bond acceptors (Lipinski definition) is 5. The van der Waals surface area contributed by atoms with Gasteiger partial charge in [-0.25, -0.2) is 8.42 Å². The average molecular weight is 365 g/mol. The van der Waals surface area contributed by atoms with Gasteiger partial charge in [0.25, 0.3) is 10.0 Å². The number of nitrogens with zero attached hydrogens (tertiary/aromatic N) is 2. The lowest BCUT2D eigenvalue weighted by atomic mass is 9.97. The van der Waals surface area contributed by atoms with Crippen molar-refractivity contribution in [3.8, 4) is 0 Å². The lowest BCUT2D eigenvalue weighted by molar-refractivity contribution is -0.145. The van der Waals surface area contributed by atoms with Gasteiger partial charge in [0, 0.05) is 18.7 Å². The van der Waals surface area contributed by atoms with E-state index in [1.54, 1.807) is 30.0 Å². The van der Waals surface area contributed by atoms with Gasteiger partial charge in [0.05, 0.1) is 10.8 Å². The molecule has 2 aliphatic heterocycles. The van der Waals surface area contributed by atoms with E-state index < -0.39 is 28.0 Å². The molecule has 2 aliphatic rings. The van der Waals surface area contributed by atoms with E-state index in [2.05, 4.69) is 9.71 Å². The number of rotatable bonds is 3. The SMILES string of the molecule is CC(N=C1NS(=O)(=O)c2ccccc21)C(=O)N1CCC(C(=O)O)CC1. The molecule has 1 aromatic carbocycles. The first kappa shape index (κ1) is 17.4. The van der Waals surface area contributed by atoms with Gasteiger partial charge in [-0.15, -0.1) is 0 Å². The normalized spacial score (nSPS) is 22.3. The first-order chi connectivity index (χ1) is 11.8. The number of carboxylic acid groups (broad SMARTS) is 1. The van der Waals surface area contributed by atoms with Gasteiger partial charge in [-0.1, -0.05) is 12.1 Å². The predicted molar refractivity (Wildman–Crippen MR) is 89.7 cm³/mol. The molecule has 0 saturated carbocycles. The highest BCUT2D eigenvalue weighted by atomic mass is 32.2. The van der Waals surface area contributed by atoms with Crippen molar-refractivity contribution < 1.29 is 23.1 Å². The van der Waals surface area contributed by atoms with E-state index in [9.17, 15) is 18.0 Å². The Bertz CT molecular complexity index is 841. The quantitative estimate of drug-likeness (QED) is 0.806. The maximum absolute atomic E-state index is 12.5. The van der Waals surface area contributed by atoms with Crippen molar-refractivity contribution in [3.63, 3.8) is 0 Å². The van der Waals surface area contributed by atoms with Gasteiger partial charge in [-0.05, 0) is 31.9 Å². The second-order valence-corrected chi connectivity index (χ2v) is 7.84. The molecule has 134 valence electrons. The van der Waals surface area contributed by atoms with Crippen molar-refractivity contribution in [2.45, 2.75) is 30.7 Å². The molecule has 3 rings (SSSR count). The van der Waals surface area contributed by atoms with E-state index in [0.717, 1.165) is 0 Å². The summed E-state index contributed by atoms with van der Waals surface area (Å²) < 4.78 is 26.5. The molecule has 8 nitrogen and oxygen atoms in total. The molecular weight excluding hydrogens is 346 g/mol. The fourth-order valence-electron chi connectivity index (χ4n) is 3.09. The lowest BCUT2D eigenvalue weighted by Crippen LogP contribution is -2.44. The summed E-state index contributed by atoms with van der Waals surface area (Å²) in [5.74, 6) is -1.33. The molecule has 1 atom stereocenters. The van der Waals surface area contributed by atoms with E-state index in [1.165, 1.54) is 6.07 Å². The van der Waals surface area contributed by atoms with Gasteiger partial charge in [-0.2, -0.15) is 0 Å². The van der Waals surface area contributed by atoms with Gasteiger partial charge in [0.1, 0.15) is 11.9 Å². The van der Waals surface area contributed by atoms with Crippen LogP contribution in [0.15, 0.2) is 34.2 Å². The zero-order valence-corrected chi connectivity index (χ0v) is 14.5. The molecule has 1 saturated heterocycles. The molecule has 0 aromatic heterocycles. The molecule has 2 heterocycles. The Morgan fingerprint density at radius 1 is 1.28 bits per heavy atom. The molecule has 1 aromatic rings. The van der Waals surface area contributed by atoms with Crippen molar-refractivity contribution in [2.24, 2.45) is 10.9 Å². The van der Waals surface area contributed by atoms with E-state index in [-0.39, 0.29) is 16.6 Å². The van der Waals surface area contributed by atoms with Crippen LogP contribution in [0.2, 0.25) is 0 Å². The van der Waals surface area contributed by atoms with Crippen LogP contribution in [0.4, 0.5) is 0 Å². The van der Waals surface area contributed by atoms with E-state index in [1.807, 2.05) is 0 Å². The van der Waals surface area contributed by atoms with Gasteiger partial charge in [0.15, 0.2) is 0 Å². The Balaban J connectivity index is 1.74. The largest absolute Gasteiger partial charge is 0.481 e. The Morgan fingerprint density at radius 3 is 2.56 bits per heavy atom. The van der Waals surface area contributed by atoms with Crippen molar-refractivity contribution in [3.05, 3.63) is 29.8 Å². The summed E-state index contributed by atoms with van der Waals surface area (Å²) in [6.07, 6.45) is 0.833. The molecule has 1 fully saturated rings. The highest BCUT2D eigenvalue weighted by molar-refractivity contribution is 7.90. The number of hydrogen-bond donors (Lipinski definition) is 2. The third kappa shape index (κ3) is 3.37. The molecule has 1 amide bonds. The monoisotopic (exact) mass is 365 g/mol. The van der Waals surface area contributed by atoms with Crippen LogP contribution in [0.3, 0.4) is 0 Å². The first-order valence-corrected chi connectivity index (χ1v) is 9.49. The summed E-state index contributed by atoms with van der Waals surface area (Å²) in [5.41, 5.74) is 0.451. The minimum Gasteiger partial charge on any atom is -0.481 e. The molecule has 0 radical (unpaired) electrons. The Labute approximate surface area is 145 Å². The molecule has 0 aliphatic carbocycles. The number of carboxylic acids is 1. The van der Waals surface area contributed by atoms with Crippen molar-refractivity contribution in [1.82, 2.24) is 9.62 Å². The summed E-state index contributed by atoms with van der Waals surface area (Å²) >= 11 is 0. The zero-order valence-electron chi connectivity index (χ0n) is 13.7. The minimum absolute atomic E-state index is 0.149. The summed E-state index contributed by atoms with van der Waals surface area (Å²) in [6, 6.07) is 5.71. The van der Waals surface area contributed by atoms with Crippen LogP contribution in [-0.4, -0.2) is 55.3 Å². The maximum atomic E-state index is 12.5. The van der Waals surface area contributed by atoms with E-state index >= 15 is 0 Å². The van der Waals surface area contributed by atoms with Gasteiger partial charge >= 0.3 is 5.97 Å². The molecule has 9 heteroatoms. The number of aliphatic carboxylic acids is 1. The third-order valence-electron chi connectivity index (χ3n) is 4.50. The highest BCUT2D eigenvalue weighted by Gasteiger charge is 2.33. The molecular formula is C16H19N3O5S. The number of benzene rings is 1. The van der Waals surface area contributed by atoms with Crippen LogP contribution in [0.1, 0.15) is 25.3 Å². The summed E-state index contributed by atoms with van der Waals surface area (Å²) in [6.45, 7) is 2.34. The van der Waals surface area contributed by atoms with Crippen LogP contribution >= 0.6 is 0 Å². The van der Waals surface area contributed by atoms with Crippen LogP contribution < -0.4 is 4.72 Å². The fourth-order valence-corrected chi connectivity index (χ4v) is 4.33. The van der Waals surface area contributed by atoms with Crippen LogP contribution in [-0.2, 0) is 19.6 Å². The maximum Gasteiger partial charge on any atom is 0.306 e. The summed E-state index contributed by atoms with van der Waals surface area (Å²) in [4.78, 5) is 29.5. The van der Waals surface area contributed by atoms with Crippen LogP contribution in [0.5, 0.6) is 0 Å². The zero-order chi connectivity index (χ0) is 18.2. The average Bonchev–Trinajstić information content (AvgIpc) is 2.85. The number of piperidine rings is 1. The molecule has 25 heavy (non-hydrogen) atoms. The topological polar surface area (TPSA) is 116 Å². The highest BCUT2D eigenvalue weighted by Crippen LogP contribution is 2.23. The number of amides is 1. The number of carbonyl (C=O) groups is 2. The van der Waals surface area contributed by atoms with E-state index in [0.29, 0.717) is 31.5 Å². The van der Waals surface area contributed by atoms with Gasteiger partial charge < -0.3 is 10.0 Å². The lowest BCUT2D eigenvalue weighted by Gasteiger charge is -2.31. The molecule has 1 unspecified atom stereocenters. The number of likely N-dealkylation sites (tertiary alicyclic amines) is 1. The number of aliphatic imine (C=N–C) groups is 1. The molecule has 2 N–H and O–H groups in total. The predicted octanol–water partition coefficient (Wildman–Crippen LogP) is 0.437. The number of fused-ring (bicyclic) bond motifs is 1. The smallest absolute Gasteiger partial charge is 0.306 e. The second kappa shape index (κ2) is 6.47. The summed E-state index contributed by atoms with van der Waals surface area (Å²) in [7, 11) is -3.64. The number of amidine groups is 1. The van der Waals surface area contributed by atoms with Crippen molar-refractivity contribution in [1.29, 1.82) is 0 Å². The molecule has 0 spiro atoms. The fraction of sp³-hybridized carbons (Fsp3) is 0.438. The molecule has 0 bridgehead atoms.